The summed E-state index contributed by atoms with van der Waals surface area (Å²) in [6.07, 6.45) is 42.1. The van der Waals surface area contributed by atoms with Crippen molar-refractivity contribution in [2.75, 3.05) is 0 Å². The minimum atomic E-state index is -0.657. The van der Waals surface area contributed by atoms with Crippen molar-refractivity contribution in [1.82, 2.24) is 0 Å². The second-order valence-electron chi connectivity index (χ2n) is 18.3. The molecule has 0 saturated heterocycles. The normalized spacial score (nSPS) is 32.6. The van der Waals surface area contributed by atoms with Crippen LogP contribution in [0.15, 0.2) is 23.8 Å². The Morgan fingerprint density at radius 2 is 1.49 bits per heavy atom. The topological polar surface area (TPSA) is 37.3 Å². The van der Waals surface area contributed by atoms with Crippen LogP contribution in [0, 0.1) is 52.3 Å². The lowest BCUT2D eigenvalue weighted by Gasteiger charge is -2.58. The summed E-state index contributed by atoms with van der Waals surface area (Å²) < 4.78 is 0. The Labute approximate surface area is 292 Å². The van der Waals surface area contributed by atoms with Crippen LogP contribution in [0.3, 0.4) is 0 Å². The van der Waals surface area contributed by atoms with Crippen molar-refractivity contribution >= 4 is 5.97 Å². The number of allylic oxidation sites excluding steroid dienone is 4. The van der Waals surface area contributed by atoms with Gasteiger partial charge in [-0.1, -0.05) is 135 Å². The Hall–Kier alpha value is -1.05. The van der Waals surface area contributed by atoms with E-state index in [0.29, 0.717) is 17.3 Å². The first-order valence-corrected chi connectivity index (χ1v) is 21.2. The summed E-state index contributed by atoms with van der Waals surface area (Å²) in [5.74, 6) is 5.97. The van der Waals surface area contributed by atoms with E-state index in [0.717, 1.165) is 54.3 Å². The summed E-state index contributed by atoms with van der Waals surface area (Å²) in [6.45, 7) is 12.9. The van der Waals surface area contributed by atoms with Gasteiger partial charge >= 0.3 is 5.97 Å². The van der Waals surface area contributed by atoms with E-state index in [1.54, 1.807) is 0 Å². The zero-order chi connectivity index (χ0) is 33.7. The molecule has 0 aliphatic heterocycles. The van der Waals surface area contributed by atoms with Crippen molar-refractivity contribution in [3.05, 3.63) is 23.8 Å². The van der Waals surface area contributed by atoms with Crippen molar-refractivity contribution in [2.45, 2.75) is 202 Å². The van der Waals surface area contributed by atoms with E-state index in [9.17, 15) is 4.79 Å². The standard InChI is InChI=1S/C45H78O2/c1-35(2)22-21-23-36(3)40-28-29-41-39-27-26-38-34-37(30-32-44(38,4)42(39)31-33-45(40,41)5)24-19-17-15-13-11-9-7-6-8-10-12-14-16-18-20-25-43(46)47/h6,8,26,35-37,39-42H,7,9-25,27-34H2,1-5H3,(H,46,47)/t36-,37?,39?,40-,41?,42?,44+,45-/m1/s1/i37+2. The van der Waals surface area contributed by atoms with Gasteiger partial charge in [-0.05, 0) is 136 Å². The molecule has 0 aromatic heterocycles. The molecule has 3 fully saturated rings. The highest BCUT2D eigenvalue weighted by Gasteiger charge is 2.59. The SMILES string of the molecule is CC(C)CCC[C@@H](C)[C@H]1CCC2C3CC=C4C[14CH](CCCCCCCCC=CCCCCCCCC(=O)O)CC[C@]4(C)C3CC[C@@]21C. The van der Waals surface area contributed by atoms with Crippen molar-refractivity contribution in [3.63, 3.8) is 0 Å². The third kappa shape index (κ3) is 11.0. The maximum Gasteiger partial charge on any atom is 0.303 e. The molecule has 4 aliphatic carbocycles. The molecule has 0 aromatic rings. The molecule has 270 valence electrons. The van der Waals surface area contributed by atoms with Crippen LogP contribution >= 0.6 is 0 Å². The number of fused-ring (bicyclic) bond motifs is 5. The molecule has 0 spiro atoms. The number of aliphatic carboxylic acids is 1. The molecule has 0 heterocycles. The molecule has 0 aromatic carbocycles. The first kappa shape index (κ1) is 38.7. The molecule has 1 N–H and O–H groups in total. The number of rotatable bonds is 22. The Morgan fingerprint density at radius 3 is 2.17 bits per heavy atom. The zero-order valence-corrected chi connectivity index (χ0v) is 32.0. The van der Waals surface area contributed by atoms with Gasteiger partial charge in [0.05, 0.1) is 0 Å². The Morgan fingerprint density at radius 1 is 0.830 bits per heavy atom. The van der Waals surface area contributed by atoms with Gasteiger partial charge in [-0.15, -0.1) is 0 Å². The van der Waals surface area contributed by atoms with E-state index in [4.69, 9.17) is 5.11 Å². The monoisotopic (exact) mass is 653 g/mol. The number of carboxylic acids is 1. The highest BCUT2D eigenvalue weighted by atomic mass is 16.4. The molecule has 4 unspecified atom stereocenters. The maximum absolute atomic E-state index is 10.5. The third-order valence-corrected chi connectivity index (χ3v) is 14.6. The van der Waals surface area contributed by atoms with Gasteiger partial charge < -0.3 is 5.11 Å². The Kier molecular flexibility index (Phi) is 16.0. The number of hydrogen-bond donors (Lipinski definition) is 1. The van der Waals surface area contributed by atoms with Crippen LogP contribution in [0.25, 0.3) is 0 Å². The van der Waals surface area contributed by atoms with E-state index in [1.807, 2.05) is 5.57 Å². The molecule has 2 heteroatoms. The minimum absolute atomic E-state index is 0.331. The van der Waals surface area contributed by atoms with Gasteiger partial charge in [-0.25, -0.2) is 0 Å². The molecule has 8 atom stereocenters. The Balaban J connectivity index is 1.08. The number of unbranched alkanes of at least 4 members (excludes halogenated alkanes) is 11. The van der Waals surface area contributed by atoms with Crippen molar-refractivity contribution in [2.24, 2.45) is 52.3 Å². The number of carbonyl (C=O) groups is 1. The molecular formula is C45H78O2. The van der Waals surface area contributed by atoms with E-state index >= 15 is 0 Å². The predicted octanol–water partition coefficient (Wildman–Crippen LogP) is 14.1. The van der Waals surface area contributed by atoms with Crippen LogP contribution in [-0.2, 0) is 4.79 Å². The van der Waals surface area contributed by atoms with Gasteiger partial charge in [0, 0.05) is 6.42 Å². The summed E-state index contributed by atoms with van der Waals surface area (Å²) in [5.41, 5.74) is 3.03. The lowest BCUT2D eigenvalue weighted by atomic mass is 9.47. The van der Waals surface area contributed by atoms with E-state index in [-0.39, 0.29) is 0 Å². The quantitative estimate of drug-likeness (QED) is 0.0933. The second-order valence-corrected chi connectivity index (χ2v) is 18.3. The lowest BCUT2D eigenvalue weighted by molar-refractivity contribution is -0.137. The van der Waals surface area contributed by atoms with Gasteiger partial charge in [0.2, 0.25) is 0 Å². The van der Waals surface area contributed by atoms with Gasteiger partial charge in [0.15, 0.2) is 0 Å². The molecular weight excluding hydrogens is 574 g/mol. The van der Waals surface area contributed by atoms with Crippen LogP contribution in [0.5, 0.6) is 0 Å². The van der Waals surface area contributed by atoms with E-state index in [2.05, 4.69) is 52.8 Å². The highest BCUT2D eigenvalue weighted by molar-refractivity contribution is 5.66. The fraction of sp³-hybridized carbons (Fsp3) is 0.889. The fourth-order valence-electron chi connectivity index (χ4n) is 11.7. The largest absolute Gasteiger partial charge is 0.481 e. The van der Waals surface area contributed by atoms with E-state index < -0.39 is 5.97 Å². The predicted molar refractivity (Wildman–Crippen MR) is 203 cm³/mol. The van der Waals surface area contributed by atoms with Crippen LogP contribution in [0.2, 0.25) is 0 Å². The lowest BCUT2D eigenvalue weighted by Crippen LogP contribution is -2.50. The summed E-state index contributed by atoms with van der Waals surface area (Å²) in [4.78, 5) is 10.5. The number of hydrogen-bond acceptors (Lipinski definition) is 1. The number of carboxylic acid groups (broad SMARTS) is 1. The minimum Gasteiger partial charge on any atom is -0.481 e. The average Bonchev–Trinajstić information content (AvgIpc) is 3.39. The van der Waals surface area contributed by atoms with Crippen LogP contribution in [-0.4, -0.2) is 11.1 Å². The molecule has 0 amide bonds. The second kappa shape index (κ2) is 19.4. The van der Waals surface area contributed by atoms with Gasteiger partial charge in [0.25, 0.3) is 0 Å². The molecule has 3 saturated carbocycles. The van der Waals surface area contributed by atoms with Gasteiger partial charge in [-0.3, -0.25) is 4.79 Å². The average molecular weight is 653 g/mol. The molecule has 2 nitrogen and oxygen atoms in total. The first-order chi connectivity index (χ1) is 22.6. The van der Waals surface area contributed by atoms with E-state index in [1.165, 1.54) is 148 Å². The fourth-order valence-corrected chi connectivity index (χ4v) is 11.7. The molecule has 0 bridgehead atoms. The summed E-state index contributed by atoms with van der Waals surface area (Å²) in [5, 5.41) is 8.69. The van der Waals surface area contributed by atoms with Crippen LogP contribution in [0.1, 0.15) is 202 Å². The summed E-state index contributed by atoms with van der Waals surface area (Å²) in [6, 6.07) is 0. The third-order valence-electron chi connectivity index (χ3n) is 14.6. The van der Waals surface area contributed by atoms with Gasteiger partial charge in [0.1, 0.15) is 0 Å². The highest BCUT2D eigenvalue weighted by Crippen LogP contribution is 2.67. The van der Waals surface area contributed by atoms with Gasteiger partial charge in [-0.2, -0.15) is 0 Å². The molecule has 4 rings (SSSR count). The van der Waals surface area contributed by atoms with Crippen LogP contribution < -0.4 is 0 Å². The Bertz CT molecular complexity index is 976. The zero-order valence-electron chi connectivity index (χ0n) is 32.0. The van der Waals surface area contributed by atoms with Crippen molar-refractivity contribution in [3.8, 4) is 0 Å². The van der Waals surface area contributed by atoms with Crippen molar-refractivity contribution < 1.29 is 9.90 Å². The molecule has 0 radical (unpaired) electrons. The van der Waals surface area contributed by atoms with Crippen molar-refractivity contribution in [1.29, 1.82) is 0 Å². The van der Waals surface area contributed by atoms with Crippen LogP contribution in [0.4, 0.5) is 0 Å². The first-order valence-electron chi connectivity index (χ1n) is 21.2. The molecule has 47 heavy (non-hydrogen) atoms. The maximum atomic E-state index is 10.5. The molecule has 4 aliphatic rings. The summed E-state index contributed by atoms with van der Waals surface area (Å²) >= 11 is 0. The smallest absolute Gasteiger partial charge is 0.303 e. The summed E-state index contributed by atoms with van der Waals surface area (Å²) in [7, 11) is 0.